The van der Waals surface area contributed by atoms with Crippen LogP contribution in [0.5, 0.6) is 5.75 Å². The smallest absolute Gasteiger partial charge is 0.263 e. The summed E-state index contributed by atoms with van der Waals surface area (Å²) in [7, 11) is 1.78. The first-order valence-electron chi connectivity index (χ1n) is 7.80. The first-order valence-corrected chi connectivity index (χ1v) is 7.80. The average Bonchev–Trinajstić information content (AvgIpc) is 2.53. The third-order valence-electron chi connectivity index (χ3n) is 4.21. The molecule has 116 valence electrons. The summed E-state index contributed by atoms with van der Waals surface area (Å²) >= 11 is 0. The summed E-state index contributed by atoms with van der Waals surface area (Å²) in [4.78, 5) is 14.3. The van der Waals surface area contributed by atoms with Crippen molar-refractivity contribution in [1.82, 2.24) is 4.90 Å². The summed E-state index contributed by atoms with van der Waals surface area (Å²) in [5, 5.41) is 10.1. The number of amides is 1. The summed E-state index contributed by atoms with van der Waals surface area (Å²) in [5.74, 6) is 0.655. The average molecular weight is 291 g/mol. The van der Waals surface area contributed by atoms with Crippen molar-refractivity contribution >= 4 is 5.91 Å². The molecule has 0 radical (unpaired) electrons. The Kier molecular flexibility index (Phi) is 5.62. The number of hydrogen-bond acceptors (Lipinski definition) is 3. The number of ether oxygens (including phenoxy) is 1. The Balaban J connectivity index is 2.01. The van der Waals surface area contributed by atoms with Crippen molar-refractivity contribution in [3.63, 3.8) is 0 Å². The molecule has 1 amide bonds. The Labute approximate surface area is 126 Å². The van der Waals surface area contributed by atoms with Gasteiger partial charge in [-0.05, 0) is 31.4 Å². The highest BCUT2D eigenvalue weighted by molar-refractivity contribution is 5.81. The van der Waals surface area contributed by atoms with Crippen molar-refractivity contribution in [2.75, 3.05) is 7.05 Å². The van der Waals surface area contributed by atoms with Gasteiger partial charge in [0.05, 0.1) is 12.1 Å². The number of carbonyl (C=O) groups is 1. The predicted molar refractivity (Wildman–Crippen MR) is 82.2 cm³/mol. The molecule has 1 fully saturated rings. The van der Waals surface area contributed by atoms with Gasteiger partial charge in [-0.15, -0.1) is 0 Å². The summed E-state index contributed by atoms with van der Waals surface area (Å²) < 4.78 is 5.80. The molecule has 1 aliphatic rings. The van der Waals surface area contributed by atoms with E-state index in [1.807, 2.05) is 37.3 Å². The number of aliphatic hydroxyl groups excluding tert-OH is 1. The van der Waals surface area contributed by atoms with Gasteiger partial charge in [0.1, 0.15) is 5.75 Å². The van der Waals surface area contributed by atoms with Gasteiger partial charge in [0, 0.05) is 7.05 Å². The fourth-order valence-corrected chi connectivity index (χ4v) is 2.91. The third kappa shape index (κ3) is 3.97. The van der Waals surface area contributed by atoms with Crippen LogP contribution in [0.15, 0.2) is 30.3 Å². The maximum atomic E-state index is 12.6. The number of rotatable bonds is 5. The van der Waals surface area contributed by atoms with Gasteiger partial charge in [-0.2, -0.15) is 0 Å². The molecule has 4 nitrogen and oxygen atoms in total. The minimum absolute atomic E-state index is 0.0488. The molecule has 2 rings (SSSR count). The fraction of sp³-hybridized carbons (Fsp3) is 0.588. The van der Waals surface area contributed by atoms with Gasteiger partial charge in [-0.1, -0.05) is 38.0 Å². The standard InChI is InChI=1S/C17H25NO3/c1-3-16(21-13-9-5-4-6-10-13)17(20)18(2)14-11-7-8-12-15(14)19/h4-6,9-10,14-16,19H,3,7-8,11-12H2,1-2H3. The second-order valence-corrected chi connectivity index (χ2v) is 5.70. The molecule has 4 heteroatoms. The molecule has 21 heavy (non-hydrogen) atoms. The second kappa shape index (κ2) is 7.46. The number of carbonyl (C=O) groups excluding carboxylic acids is 1. The highest BCUT2D eigenvalue weighted by Crippen LogP contribution is 2.24. The van der Waals surface area contributed by atoms with E-state index in [9.17, 15) is 9.90 Å². The van der Waals surface area contributed by atoms with E-state index in [4.69, 9.17) is 4.74 Å². The fourth-order valence-electron chi connectivity index (χ4n) is 2.91. The van der Waals surface area contributed by atoms with E-state index in [-0.39, 0.29) is 11.9 Å². The van der Waals surface area contributed by atoms with Crippen LogP contribution in [-0.4, -0.2) is 41.2 Å². The van der Waals surface area contributed by atoms with Crippen LogP contribution in [0.2, 0.25) is 0 Å². The quantitative estimate of drug-likeness (QED) is 0.907. The number of benzene rings is 1. The molecule has 0 aromatic heterocycles. The number of likely N-dealkylation sites (N-methyl/N-ethyl adjacent to an activating group) is 1. The van der Waals surface area contributed by atoms with Crippen LogP contribution in [0.4, 0.5) is 0 Å². The van der Waals surface area contributed by atoms with E-state index in [0.29, 0.717) is 12.2 Å². The maximum absolute atomic E-state index is 12.6. The van der Waals surface area contributed by atoms with Crippen LogP contribution < -0.4 is 4.74 Å². The molecule has 3 atom stereocenters. The third-order valence-corrected chi connectivity index (χ3v) is 4.21. The van der Waals surface area contributed by atoms with Crippen LogP contribution in [0, 0.1) is 0 Å². The van der Waals surface area contributed by atoms with E-state index in [0.717, 1.165) is 25.7 Å². The van der Waals surface area contributed by atoms with Crippen molar-refractivity contribution in [2.24, 2.45) is 0 Å². The summed E-state index contributed by atoms with van der Waals surface area (Å²) in [5.41, 5.74) is 0. The lowest BCUT2D eigenvalue weighted by molar-refractivity contribution is -0.143. The molecule has 0 spiro atoms. The molecule has 1 aliphatic carbocycles. The topological polar surface area (TPSA) is 49.8 Å². The van der Waals surface area contributed by atoms with Crippen LogP contribution >= 0.6 is 0 Å². The van der Waals surface area contributed by atoms with Gasteiger partial charge in [0.25, 0.3) is 5.91 Å². The van der Waals surface area contributed by atoms with Gasteiger partial charge >= 0.3 is 0 Å². The van der Waals surface area contributed by atoms with E-state index in [1.165, 1.54) is 0 Å². The molecule has 1 aromatic rings. The number of nitrogens with zero attached hydrogens (tertiary/aromatic N) is 1. The lowest BCUT2D eigenvalue weighted by Crippen LogP contribution is -2.50. The lowest BCUT2D eigenvalue weighted by Gasteiger charge is -2.36. The Bertz CT molecular complexity index is 449. The molecule has 0 heterocycles. The van der Waals surface area contributed by atoms with Gasteiger partial charge in [0.2, 0.25) is 0 Å². The van der Waals surface area contributed by atoms with E-state index >= 15 is 0 Å². The molecule has 0 bridgehead atoms. The Morgan fingerprint density at radius 1 is 1.33 bits per heavy atom. The van der Waals surface area contributed by atoms with Crippen LogP contribution in [0.3, 0.4) is 0 Å². The van der Waals surface area contributed by atoms with Crippen LogP contribution in [0.1, 0.15) is 39.0 Å². The summed E-state index contributed by atoms with van der Waals surface area (Å²) in [6.07, 6.45) is 3.45. The highest BCUT2D eigenvalue weighted by atomic mass is 16.5. The van der Waals surface area contributed by atoms with E-state index < -0.39 is 12.2 Å². The molecular weight excluding hydrogens is 266 g/mol. The molecule has 3 unspecified atom stereocenters. The molecule has 1 N–H and O–H groups in total. The molecule has 1 aromatic carbocycles. The maximum Gasteiger partial charge on any atom is 0.263 e. The van der Waals surface area contributed by atoms with Crippen molar-refractivity contribution < 1.29 is 14.6 Å². The lowest BCUT2D eigenvalue weighted by atomic mass is 9.91. The molecule has 1 saturated carbocycles. The van der Waals surface area contributed by atoms with Crippen molar-refractivity contribution in [3.8, 4) is 5.75 Å². The number of aliphatic hydroxyl groups is 1. The Morgan fingerprint density at radius 2 is 2.00 bits per heavy atom. The summed E-state index contributed by atoms with van der Waals surface area (Å²) in [6, 6.07) is 9.32. The molecule has 0 aliphatic heterocycles. The molecule has 0 saturated heterocycles. The Hall–Kier alpha value is -1.55. The monoisotopic (exact) mass is 291 g/mol. The second-order valence-electron chi connectivity index (χ2n) is 5.70. The van der Waals surface area contributed by atoms with Crippen molar-refractivity contribution in [1.29, 1.82) is 0 Å². The SMILES string of the molecule is CCC(Oc1ccccc1)C(=O)N(C)C1CCCCC1O. The largest absolute Gasteiger partial charge is 0.481 e. The zero-order valence-electron chi connectivity index (χ0n) is 12.9. The minimum atomic E-state index is -0.494. The number of para-hydroxylation sites is 1. The predicted octanol–water partition coefficient (Wildman–Crippen LogP) is 2.61. The van der Waals surface area contributed by atoms with Gasteiger partial charge in [-0.25, -0.2) is 0 Å². The normalized spacial score (nSPS) is 23.4. The van der Waals surface area contributed by atoms with E-state index in [2.05, 4.69) is 0 Å². The van der Waals surface area contributed by atoms with Crippen LogP contribution in [0.25, 0.3) is 0 Å². The minimum Gasteiger partial charge on any atom is -0.481 e. The van der Waals surface area contributed by atoms with Gasteiger partial charge in [-0.3, -0.25) is 4.79 Å². The van der Waals surface area contributed by atoms with E-state index in [1.54, 1.807) is 11.9 Å². The van der Waals surface area contributed by atoms with Crippen molar-refractivity contribution in [3.05, 3.63) is 30.3 Å². The first-order chi connectivity index (χ1) is 10.1. The Morgan fingerprint density at radius 3 is 2.62 bits per heavy atom. The molecular formula is C17H25NO3. The zero-order valence-corrected chi connectivity index (χ0v) is 12.9. The van der Waals surface area contributed by atoms with Gasteiger partial charge in [0.15, 0.2) is 6.10 Å². The van der Waals surface area contributed by atoms with Crippen molar-refractivity contribution in [2.45, 2.75) is 57.3 Å². The zero-order chi connectivity index (χ0) is 15.2. The summed E-state index contributed by atoms with van der Waals surface area (Å²) in [6.45, 7) is 1.94. The van der Waals surface area contributed by atoms with Crippen LogP contribution in [-0.2, 0) is 4.79 Å². The number of hydrogen-bond donors (Lipinski definition) is 1. The first kappa shape index (κ1) is 15.8. The van der Waals surface area contributed by atoms with Gasteiger partial charge < -0.3 is 14.7 Å². The highest BCUT2D eigenvalue weighted by Gasteiger charge is 2.32.